The van der Waals surface area contributed by atoms with Gasteiger partial charge in [-0.3, -0.25) is 0 Å². The van der Waals surface area contributed by atoms with E-state index < -0.39 is 18.4 Å². The van der Waals surface area contributed by atoms with E-state index in [0.29, 0.717) is 44.6 Å². The van der Waals surface area contributed by atoms with Crippen LogP contribution in [0.25, 0.3) is 33.1 Å². The van der Waals surface area contributed by atoms with Gasteiger partial charge in [-0.1, -0.05) is 24.2 Å². The van der Waals surface area contributed by atoms with Gasteiger partial charge in [-0.15, -0.1) is 13.2 Å². The zero-order valence-corrected chi connectivity index (χ0v) is 21.8. The maximum atomic E-state index is 13.1. The molecule has 3 aromatic carbocycles. The molecule has 208 valence electrons. The molecule has 0 spiro atoms. The van der Waals surface area contributed by atoms with Gasteiger partial charge in [0.25, 0.3) is 0 Å². The maximum Gasteiger partial charge on any atom is 0.573 e. The van der Waals surface area contributed by atoms with Crippen molar-refractivity contribution in [1.82, 2.24) is 9.72 Å². The molecule has 0 fully saturated rings. The molecular weight excluding hydrogens is 529 g/mol. The minimum absolute atomic E-state index is 0.252. The standard InChI is InChI=1S/C29H25F3N2O6/c1-4-24(28(35)36)38-19-7-5-6-17(12-19)15-34-16(2)26(21-10-9-20(13-23(21)34)39-29(30,31)32)27-22-11-8-18(37-3)14-25(22)40-33-27/h5-14,24H,4,15H2,1-3H3,(H,35,36)/t24-/m1/s1. The lowest BCUT2D eigenvalue weighted by Gasteiger charge is -2.15. The van der Waals surface area contributed by atoms with E-state index in [2.05, 4.69) is 9.89 Å². The first-order valence-corrected chi connectivity index (χ1v) is 12.4. The molecule has 5 rings (SSSR count). The van der Waals surface area contributed by atoms with E-state index in [0.717, 1.165) is 11.3 Å². The quantitative estimate of drug-likeness (QED) is 0.211. The Morgan fingerprint density at radius 3 is 2.50 bits per heavy atom. The molecule has 0 saturated heterocycles. The molecule has 0 bridgehead atoms. The molecule has 2 aromatic heterocycles. The second-order valence-electron chi connectivity index (χ2n) is 9.17. The van der Waals surface area contributed by atoms with Crippen molar-refractivity contribution in [2.75, 3.05) is 7.11 Å². The largest absolute Gasteiger partial charge is 0.573 e. The lowest BCUT2D eigenvalue weighted by atomic mass is 10.0. The monoisotopic (exact) mass is 554 g/mol. The van der Waals surface area contributed by atoms with E-state index in [9.17, 15) is 23.1 Å². The molecule has 2 heterocycles. The molecule has 40 heavy (non-hydrogen) atoms. The number of fused-ring (bicyclic) bond motifs is 2. The highest BCUT2D eigenvalue weighted by Gasteiger charge is 2.32. The zero-order chi connectivity index (χ0) is 28.6. The second kappa shape index (κ2) is 10.5. The first kappa shape index (κ1) is 26.9. The number of alkyl halides is 3. The Labute approximate surface area is 226 Å². The van der Waals surface area contributed by atoms with Crippen LogP contribution in [0.1, 0.15) is 24.6 Å². The minimum atomic E-state index is -4.85. The second-order valence-corrected chi connectivity index (χ2v) is 9.17. The van der Waals surface area contributed by atoms with Gasteiger partial charge in [0.2, 0.25) is 0 Å². The lowest BCUT2D eigenvalue weighted by Crippen LogP contribution is -2.25. The molecule has 0 amide bonds. The number of rotatable bonds is 9. The van der Waals surface area contributed by atoms with Crippen LogP contribution in [0.15, 0.2) is 65.2 Å². The third-order valence-corrected chi connectivity index (χ3v) is 6.61. The highest BCUT2D eigenvalue weighted by Crippen LogP contribution is 2.40. The molecule has 0 saturated carbocycles. The summed E-state index contributed by atoms with van der Waals surface area (Å²) in [6, 6.07) is 16.4. The predicted octanol–water partition coefficient (Wildman–Crippen LogP) is 6.96. The SMILES string of the molecule is CC[C@@H](Oc1cccc(Cn2c(C)c(-c3noc4cc(OC)ccc34)c3ccc(OC(F)(F)F)cc32)c1)C(=O)O. The van der Waals surface area contributed by atoms with Crippen LogP contribution in [-0.4, -0.2) is 40.4 Å². The molecule has 5 aromatic rings. The van der Waals surface area contributed by atoms with Crippen LogP contribution in [0.5, 0.6) is 17.2 Å². The van der Waals surface area contributed by atoms with Gasteiger partial charge in [0.15, 0.2) is 11.7 Å². The summed E-state index contributed by atoms with van der Waals surface area (Å²) in [5, 5.41) is 15.0. The van der Waals surface area contributed by atoms with Crippen LogP contribution in [0.3, 0.4) is 0 Å². The van der Waals surface area contributed by atoms with Crippen LogP contribution >= 0.6 is 0 Å². The van der Waals surface area contributed by atoms with Gasteiger partial charge >= 0.3 is 12.3 Å². The van der Waals surface area contributed by atoms with Gasteiger partial charge in [0.05, 0.1) is 18.0 Å². The molecule has 0 aliphatic heterocycles. The van der Waals surface area contributed by atoms with Crippen molar-refractivity contribution in [2.24, 2.45) is 0 Å². The van der Waals surface area contributed by atoms with Crippen molar-refractivity contribution in [3.8, 4) is 28.5 Å². The number of nitrogens with zero attached hydrogens (tertiary/aromatic N) is 2. The van der Waals surface area contributed by atoms with Gasteiger partial charge in [0, 0.05) is 35.3 Å². The van der Waals surface area contributed by atoms with E-state index in [-0.39, 0.29) is 18.7 Å². The fraction of sp³-hybridized carbons (Fsp3) is 0.241. The third kappa shape index (κ3) is 5.27. The van der Waals surface area contributed by atoms with Gasteiger partial charge in [0.1, 0.15) is 22.9 Å². The molecule has 11 heteroatoms. The average Bonchev–Trinajstić information content (AvgIpc) is 3.43. The van der Waals surface area contributed by atoms with Crippen molar-refractivity contribution in [3.05, 3.63) is 71.9 Å². The van der Waals surface area contributed by atoms with E-state index >= 15 is 0 Å². The first-order valence-electron chi connectivity index (χ1n) is 12.4. The Bertz CT molecular complexity index is 1710. The van der Waals surface area contributed by atoms with E-state index in [1.54, 1.807) is 50.4 Å². The van der Waals surface area contributed by atoms with Crippen molar-refractivity contribution in [3.63, 3.8) is 0 Å². The summed E-state index contributed by atoms with van der Waals surface area (Å²) in [5.74, 6) is -0.457. The van der Waals surface area contributed by atoms with E-state index in [1.807, 2.05) is 23.6 Å². The first-order chi connectivity index (χ1) is 19.1. The number of aromatic nitrogens is 2. The number of benzene rings is 3. The molecule has 8 nitrogen and oxygen atoms in total. The molecular formula is C29H25F3N2O6. The smallest absolute Gasteiger partial charge is 0.497 e. The normalized spacial score (nSPS) is 12.6. The number of aliphatic carboxylic acids is 1. The van der Waals surface area contributed by atoms with Crippen molar-refractivity contribution >= 4 is 27.8 Å². The Kier molecular flexibility index (Phi) is 7.05. The summed E-state index contributed by atoms with van der Waals surface area (Å²) in [7, 11) is 1.54. The van der Waals surface area contributed by atoms with Gasteiger partial charge in [-0.05, 0) is 55.3 Å². The topological polar surface area (TPSA) is 96.0 Å². The molecule has 0 aliphatic rings. The number of carboxylic acid groups (broad SMARTS) is 1. The van der Waals surface area contributed by atoms with Crippen molar-refractivity contribution in [2.45, 2.75) is 39.3 Å². The van der Waals surface area contributed by atoms with Crippen LogP contribution in [0, 0.1) is 6.92 Å². The number of ether oxygens (including phenoxy) is 3. The average molecular weight is 555 g/mol. The summed E-state index contributed by atoms with van der Waals surface area (Å²) in [6.45, 7) is 3.81. The fourth-order valence-corrected chi connectivity index (χ4v) is 4.75. The highest BCUT2D eigenvalue weighted by atomic mass is 19.4. The van der Waals surface area contributed by atoms with Crippen molar-refractivity contribution < 1.29 is 41.8 Å². The molecule has 0 radical (unpaired) electrons. The summed E-state index contributed by atoms with van der Waals surface area (Å²) < 4.78 is 61.7. The van der Waals surface area contributed by atoms with Crippen LogP contribution in [0.4, 0.5) is 13.2 Å². The molecule has 1 N–H and O–H groups in total. The van der Waals surface area contributed by atoms with Gasteiger partial charge in [-0.25, -0.2) is 4.79 Å². The minimum Gasteiger partial charge on any atom is -0.497 e. The third-order valence-electron chi connectivity index (χ3n) is 6.61. The molecule has 0 unspecified atom stereocenters. The van der Waals surface area contributed by atoms with Crippen LogP contribution < -0.4 is 14.2 Å². The Balaban J connectivity index is 1.63. The van der Waals surface area contributed by atoms with Crippen molar-refractivity contribution in [1.29, 1.82) is 0 Å². The van der Waals surface area contributed by atoms with Crippen LogP contribution in [0.2, 0.25) is 0 Å². The number of carbonyl (C=O) groups is 1. The zero-order valence-electron chi connectivity index (χ0n) is 21.8. The maximum absolute atomic E-state index is 13.1. The van der Waals surface area contributed by atoms with Gasteiger partial charge < -0.3 is 28.4 Å². The Hall–Kier alpha value is -4.67. The summed E-state index contributed by atoms with van der Waals surface area (Å²) >= 11 is 0. The van der Waals surface area contributed by atoms with Crippen LogP contribution in [-0.2, 0) is 11.3 Å². The lowest BCUT2D eigenvalue weighted by molar-refractivity contribution is -0.274. The summed E-state index contributed by atoms with van der Waals surface area (Å²) in [4.78, 5) is 11.4. The molecule has 1 atom stereocenters. The Morgan fingerprint density at radius 2 is 1.80 bits per heavy atom. The van der Waals surface area contributed by atoms with E-state index in [1.165, 1.54) is 12.1 Å². The summed E-state index contributed by atoms with van der Waals surface area (Å²) in [5.41, 5.74) is 3.70. The highest BCUT2D eigenvalue weighted by molar-refractivity contribution is 6.04. The number of hydrogen-bond acceptors (Lipinski definition) is 6. The number of methoxy groups -OCH3 is 1. The van der Waals surface area contributed by atoms with Gasteiger partial charge in [-0.2, -0.15) is 0 Å². The number of halogens is 3. The fourth-order valence-electron chi connectivity index (χ4n) is 4.75. The number of carboxylic acids is 1. The predicted molar refractivity (Wildman–Crippen MR) is 141 cm³/mol. The molecule has 0 aliphatic carbocycles. The summed E-state index contributed by atoms with van der Waals surface area (Å²) in [6.07, 6.45) is -5.57. The Morgan fingerprint density at radius 1 is 1.05 bits per heavy atom. The van der Waals surface area contributed by atoms with E-state index in [4.69, 9.17) is 14.0 Å². The number of hydrogen-bond donors (Lipinski definition) is 1.